The third-order valence-corrected chi connectivity index (χ3v) is 6.13. The summed E-state index contributed by atoms with van der Waals surface area (Å²) in [5.74, 6) is 1.53. The van der Waals surface area contributed by atoms with Crippen molar-refractivity contribution in [1.82, 2.24) is 19.9 Å². The van der Waals surface area contributed by atoms with E-state index in [1.807, 2.05) is 42.5 Å². The average molecular weight is 506 g/mol. The highest BCUT2D eigenvalue weighted by Crippen LogP contribution is 2.32. The average Bonchev–Trinajstić information content (AvgIpc) is 3.37. The molecule has 1 saturated heterocycles. The number of fused-ring (bicyclic) bond motifs is 1. The van der Waals surface area contributed by atoms with E-state index >= 15 is 0 Å². The van der Waals surface area contributed by atoms with Crippen LogP contribution >= 0.6 is 11.6 Å². The predicted molar refractivity (Wildman–Crippen MR) is 136 cm³/mol. The summed E-state index contributed by atoms with van der Waals surface area (Å²) in [4.78, 5) is 26.3. The fourth-order valence-corrected chi connectivity index (χ4v) is 4.25. The number of amides is 1. The monoisotopic (exact) mass is 505 g/mol. The molecule has 2 aromatic carbocycles. The Hall–Kier alpha value is -3.95. The maximum atomic E-state index is 11.7. The molecule has 0 spiro atoms. The zero-order valence-corrected chi connectivity index (χ0v) is 20.1. The van der Waals surface area contributed by atoms with Crippen molar-refractivity contribution in [2.75, 3.05) is 25.0 Å². The number of carbonyl (C=O) groups is 1. The number of hydrogen-bond acceptors (Lipinski definition) is 8. The number of rotatable bonds is 8. The molecule has 0 aliphatic carbocycles. The van der Waals surface area contributed by atoms with Crippen LogP contribution in [0, 0.1) is 0 Å². The van der Waals surface area contributed by atoms with Gasteiger partial charge in [-0.15, -0.1) is 0 Å². The molecule has 0 radical (unpaired) electrons. The molecule has 0 bridgehead atoms. The van der Waals surface area contributed by atoms with E-state index in [2.05, 4.69) is 20.3 Å². The number of aliphatic hydroxyl groups excluding tert-OH is 1. The highest BCUT2D eigenvalue weighted by Gasteiger charge is 2.27. The minimum atomic E-state index is -0.490. The van der Waals surface area contributed by atoms with Crippen molar-refractivity contribution < 1.29 is 19.4 Å². The van der Waals surface area contributed by atoms with E-state index in [1.165, 1.54) is 6.33 Å². The number of ether oxygens (including phenoxy) is 2. The number of pyridine rings is 1. The van der Waals surface area contributed by atoms with Crippen LogP contribution in [-0.2, 0) is 11.4 Å². The molecule has 10 heteroatoms. The molecule has 1 unspecified atom stereocenters. The molecule has 3 heterocycles. The molecule has 2 N–H and O–H groups in total. The molecule has 0 saturated carbocycles. The third kappa shape index (κ3) is 5.48. The van der Waals surface area contributed by atoms with Gasteiger partial charge in [-0.3, -0.25) is 9.78 Å². The van der Waals surface area contributed by atoms with Crippen molar-refractivity contribution in [2.45, 2.75) is 19.1 Å². The topological polar surface area (TPSA) is 110 Å². The van der Waals surface area contributed by atoms with Gasteiger partial charge in [-0.2, -0.15) is 0 Å². The molecule has 1 aliphatic heterocycles. The number of anilines is 2. The van der Waals surface area contributed by atoms with E-state index in [1.54, 1.807) is 23.2 Å². The van der Waals surface area contributed by atoms with Crippen LogP contribution in [0.3, 0.4) is 0 Å². The first-order valence-electron chi connectivity index (χ1n) is 11.5. The van der Waals surface area contributed by atoms with E-state index < -0.39 is 6.61 Å². The van der Waals surface area contributed by atoms with Crippen LogP contribution in [0.2, 0.25) is 5.02 Å². The molecule has 5 rings (SSSR count). The molecule has 4 aromatic rings. The highest BCUT2D eigenvalue weighted by molar-refractivity contribution is 6.32. The molecular weight excluding hydrogens is 482 g/mol. The van der Waals surface area contributed by atoms with Crippen molar-refractivity contribution in [3.63, 3.8) is 0 Å². The highest BCUT2D eigenvalue weighted by atomic mass is 35.5. The Labute approximate surface area is 212 Å². The zero-order chi connectivity index (χ0) is 24.9. The molecule has 9 nitrogen and oxygen atoms in total. The summed E-state index contributed by atoms with van der Waals surface area (Å²) in [5.41, 5.74) is 2.31. The smallest absolute Gasteiger partial charge is 0.248 e. The zero-order valence-electron chi connectivity index (χ0n) is 19.3. The quantitative estimate of drug-likeness (QED) is 0.370. The van der Waals surface area contributed by atoms with Crippen molar-refractivity contribution in [3.05, 3.63) is 77.8 Å². The van der Waals surface area contributed by atoms with Gasteiger partial charge in [0.15, 0.2) is 0 Å². The number of halogens is 1. The number of carbonyl (C=O) groups excluding carboxylic acids is 1. The van der Waals surface area contributed by atoms with Crippen molar-refractivity contribution in [1.29, 1.82) is 0 Å². The van der Waals surface area contributed by atoms with Crippen LogP contribution in [0.4, 0.5) is 11.5 Å². The van der Waals surface area contributed by atoms with Crippen LogP contribution in [0.15, 0.2) is 67.1 Å². The Bertz CT molecular complexity index is 1370. The lowest BCUT2D eigenvalue weighted by atomic mass is 10.2. The van der Waals surface area contributed by atoms with Gasteiger partial charge < -0.3 is 24.8 Å². The minimum Gasteiger partial charge on any atom is -0.488 e. The lowest BCUT2D eigenvalue weighted by Crippen LogP contribution is -2.32. The Kier molecular flexibility index (Phi) is 7.11. The second-order valence-corrected chi connectivity index (χ2v) is 8.71. The van der Waals surface area contributed by atoms with Crippen LogP contribution in [0.1, 0.15) is 12.1 Å². The second-order valence-electron chi connectivity index (χ2n) is 8.31. The Morgan fingerprint density at radius 2 is 2.06 bits per heavy atom. The fraction of sp³-hybridized carbons (Fsp3) is 0.231. The number of aromatic nitrogens is 3. The van der Waals surface area contributed by atoms with E-state index in [0.29, 0.717) is 48.5 Å². The minimum absolute atomic E-state index is 0.142. The van der Waals surface area contributed by atoms with Crippen LogP contribution in [-0.4, -0.2) is 56.7 Å². The summed E-state index contributed by atoms with van der Waals surface area (Å²) in [6.45, 7) is 0.840. The Morgan fingerprint density at radius 3 is 2.86 bits per heavy atom. The largest absolute Gasteiger partial charge is 0.488 e. The van der Waals surface area contributed by atoms with Crippen molar-refractivity contribution >= 4 is 39.9 Å². The summed E-state index contributed by atoms with van der Waals surface area (Å²) in [6, 6.07) is 16.7. The lowest BCUT2D eigenvalue weighted by Gasteiger charge is -2.17. The number of nitrogens with one attached hydrogen (secondary N) is 1. The molecule has 184 valence electrons. The van der Waals surface area contributed by atoms with Gasteiger partial charge in [0, 0.05) is 30.2 Å². The molecule has 1 atom stereocenters. The standard InChI is InChI=1S/C26H24ClN5O4/c27-22-11-17(4-7-24(22)35-15-18-3-1-2-9-28-18)31-26-21-12-19(5-6-23(21)29-16-30-26)36-20-8-10-32(13-20)25(34)14-33/h1-7,9,11-12,16,20,33H,8,10,13-15H2,(H,29,30,31). The van der Waals surface area contributed by atoms with Crippen LogP contribution < -0.4 is 14.8 Å². The number of aliphatic hydroxyl groups is 1. The Morgan fingerprint density at radius 1 is 1.14 bits per heavy atom. The van der Waals surface area contributed by atoms with E-state index in [0.717, 1.165) is 22.3 Å². The molecule has 2 aromatic heterocycles. The first-order chi connectivity index (χ1) is 17.6. The summed E-state index contributed by atoms with van der Waals surface area (Å²) >= 11 is 6.46. The maximum Gasteiger partial charge on any atom is 0.248 e. The predicted octanol–water partition coefficient (Wildman–Crippen LogP) is 3.97. The number of likely N-dealkylation sites (tertiary alicyclic amines) is 1. The van der Waals surface area contributed by atoms with Gasteiger partial charge in [0.05, 0.1) is 22.8 Å². The second kappa shape index (κ2) is 10.8. The van der Waals surface area contributed by atoms with Crippen molar-refractivity contribution in [3.8, 4) is 11.5 Å². The van der Waals surface area contributed by atoms with Gasteiger partial charge in [0.25, 0.3) is 0 Å². The van der Waals surface area contributed by atoms with Crippen LogP contribution in [0.5, 0.6) is 11.5 Å². The van der Waals surface area contributed by atoms with Gasteiger partial charge in [-0.1, -0.05) is 17.7 Å². The summed E-state index contributed by atoms with van der Waals surface area (Å²) < 4.78 is 11.9. The summed E-state index contributed by atoms with van der Waals surface area (Å²) in [7, 11) is 0. The van der Waals surface area contributed by atoms with Gasteiger partial charge in [0.1, 0.15) is 43.0 Å². The van der Waals surface area contributed by atoms with Gasteiger partial charge in [-0.05, 0) is 48.5 Å². The maximum absolute atomic E-state index is 11.7. The normalized spacial score (nSPS) is 15.2. The molecule has 1 fully saturated rings. The molecule has 1 aliphatic rings. The van der Waals surface area contributed by atoms with Gasteiger partial charge in [-0.25, -0.2) is 9.97 Å². The molecule has 36 heavy (non-hydrogen) atoms. The van der Waals surface area contributed by atoms with Crippen LogP contribution in [0.25, 0.3) is 10.9 Å². The van der Waals surface area contributed by atoms with Gasteiger partial charge in [0.2, 0.25) is 5.91 Å². The molecular formula is C26H24ClN5O4. The first-order valence-corrected chi connectivity index (χ1v) is 11.9. The molecule has 1 amide bonds. The number of benzene rings is 2. The SMILES string of the molecule is O=C(CO)N1CCC(Oc2ccc3ncnc(Nc4ccc(OCc5ccccn5)c(Cl)c4)c3c2)C1. The first kappa shape index (κ1) is 23.8. The third-order valence-electron chi connectivity index (χ3n) is 5.84. The van der Waals surface area contributed by atoms with Crippen molar-refractivity contribution in [2.24, 2.45) is 0 Å². The van der Waals surface area contributed by atoms with E-state index in [-0.39, 0.29) is 12.0 Å². The summed E-state index contributed by atoms with van der Waals surface area (Å²) in [6.07, 6.45) is 3.77. The van der Waals surface area contributed by atoms with E-state index in [4.69, 9.17) is 26.2 Å². The fourth-order valence-electron chi connectivity index (χ4n) is 4.02. The number of hydrogen-bond donors (Lipinski definition) is 2. The Balaban J connectivity index is 1.29. The summed E-state index contributed by atoms with van der Waals surface area (Å²) in [5, 5.41) is 13.6. The lowest BCUT2D eigenvalue weighted by molar-refractivity contribution is -0.133. The number of nitrogens with zero attached hydrogens (tertiary/aromatic N) is 4. The van der Waals surface area contributed by atoms with E-state index in [9.17, 15) is 4.79 Å². The van der Waals surface area contributed by atoms with Gasteiger partial charge >= 0.3 is 0 Å².